The van der Waals surface area contributed by atoms with Gasteiger partial charge in [0.05, 0.1) is 11.8 Å². The van der Waals surface area contributed by atoms with Crippen molar-refractivity contribution in [3.8, 4) is 0 Å². The SMILES string of the molecule is CSC(C)C(=O)N[C@H]1CN(S(=O)(=O)O)C1=O. The Hall–Kier alpha value is -0.800. The first kappa shape index (κ1) is 13.3. The minimum absolute atomic E-state index is 0.218. The van der Waals surface area contributed by atoms with Gasteiger partial charge in [-0.2, -0.15) is 20.2 Å². The monoisotopic (exact) mass is 268 g/mol. The molecule has 0 aliphatic carbocycles. The van der Waals surface area contributed by atoms with Gasteiger partial charge in [-0.15, -0.1) is 0 Å². The molecule has 0 radical (unpaired) electrons. The third-order valence-electron chi connectivity index (χ3n) is 2.21. The number of carbonyl (C=O) groups excluding carboxylic acids is 2. The highest BCUT2D eigenvalue weighted by atomic mass is 32.2. The normalized spacial score (nSPS) is 22.6. The topological polar surface area (TPSA) is 104 Å². The molecule has 0 aromatic rings. The van der Waals surface area contributed by atoms with E-state index < -0.39 is 22.3 Å². The molecule has 0 saturated carbocycles. The number of nitrogens with one attached hydrogen (secondary N) is 1. The Morgan fingerprint density at radius 2 is 2.25 bits per heavy atom. The molecule has 1 aliphatic heterocycles. The predicted octanol–water partition coefficient (Wildman–Crippen LogP) is -1.13. The molecule has 1 rings (SSSR count). The highest BCUT2D eigenvalue weighted by Crippen LogP contribution is 2.15. The molecule has 2 atom stereocenters. The van der Waals surface area contributed by atoms with Crippen LogP contribution in [0.25, 0.3) is 0 Å². The van der Waals surface area contributed by atoms with Crippen LogP contribution in [0.15, 0.2) is 0 Å². The second-order valence-corrected chi connectivity index (χ2v) is 5.80. The van der Waals surface area contributed by atoms with Crippen molar-refractivity contribution in [2.24, 2.45) is 0 Å². The largest absolute Gasteiger partial charge is 0.362 e. The first-order chi connectivity index (χ1) is 7.27. The van der Waals surface area contributed by atoms with Gasteiger partial charge in [-0.3, -0.25) is 14.1 Å². The maximum Gasteiger partial charge on any atom is 0.362 e. The predicted molar refractivity (Wildman–Crippen MR) is 58.2 cm³/mol. The molecule has 92 valence electrons. The van der Waals surface area contributed by atoms with Crippen LogP contribution in [0.2, 0.25) is 0 Å². The maximum atomic E-state index is 11.4. The lowest BCUT2D eigenvalue weighted by Gasteiger charge is -2.35. The van der Waals surface area contributed by atoms with Gasteiger partial charge in [0.15, 0.2) is 0 Å². The zero-order chi connectivity index (χ0) is 12.5. The number of amides is 2. The maximum absolute atomic E-state index is 11.4. The summed E-state index contributed by atoms with van der Waals surface area (Å²) in [4.78, 5) is 22.6. The van der Waals surface area contributed by atoms with Crippen LogP contribution in [0.3, 0.4) is 0 Å². The lowest BCUT2D eigenvalue weighted by Crippen LogP contribution is -2.65. The molecule has 0 aromatic carbocycles. The zero-order valence-corrected chi connectivity index (χ0v) is 10.3. The van der Waals surface area contributed by atoms with Crippen LogP contribution in [0.1, 0.15) is 6.92 Å². The zero-order valence-electron chi connectivity index (χ0n) is 8.71. The van der Waals surface area contributed by atoms with E-state index in [0.717, 1.165) is 0 Å². The minimum atomic E-state index is -4.48. The van der Waals surface area contributed by atoms with Crippen LogP contribution in [0.5, 0.6) is 0 Å². The van der Waals surface area contributed by atoms with Crippen LogP contribution in [-0.2, 0) is 19.9 Å². The summed E-state index contributed by atoms with van der Waals surface area (Å²) in [5, 5.41) is 2.08. The van der Waals surface area contributed by atoms with Crippen molar-refractivity contribution >= 4 is 33.9 Å². The molecule has 1 fully saturated rings. The van der Waals surface area contributed by atoms with E-state index in [2.05, 4.69) is 5.32 Å². The van der Waals surface area contributed by atoms with Crippen molar-refractivity contribution < 1.29 is 22.6 Å². The van der Waals surface area contributed by atoms with Crippen molar-refractivity contribution in [3.05, 3.63) is 0 Å². The highest BCUT2D eigenvalue weighted by molar-refractivity contribution is 7.99. The van der Waals surface area contributed by atoms with Crippen LogP contribution in [0.4, 0.5) is 0 Å². The molecule has 2 amide bonds. The first-order valence-corrected chi connectivity index (χ1v) is 7.08. The van der Waals surface area contributed by atoms with Crippen LogP contribution < -0.4 is 5.32 Å². The molecule has 7 nitrogen and oxygen atoms in total. The number of rotatable bonds is 4. The lowest BCUT2D eigenvalue weighted by atomic mass is 10.1. The first-order valence-electron chi connectivity index (χ1n) is 4.39. The smallest absolute Gasteiger partial charge is 0.342 e. The quantitative estimate of drug-likeness (QED) is 0.494. The molecule has 1 saturated heterocycles. The van der Waals surface area contributed by atoms with Crippen LogP contribution >= 0.6 is 11.8 Å². The van der Waals surface area contributed by atoms with E-state index in [-0.39, 0.29) is 17.7 Å². The van der Waals surface area contributed by atoms with E-state index in [0.29, 0.717) is 4.31 Å². The number of hydrogen-bond donors (Lipinski definition) is 2. The minimum Gasteiger partial charge on any atom is -0.342 e. The van der Waals surface area contributed by atoms with E-state index in [9.17, 15) is 18.0 Å². The van der Waals surface area contributed by atoms with E-state index >= 15 is 0 Å². The van der Waals surface area contributed by atoms with Gasteiger partial charge in [-0.05, 0) is 13.2 Å². The van der Waals surface area contributed by atoms with Crippen molar-refractivity contribution in [3.63, 3.8) is 0 Å². The molecule has 1 aliphatic rings. The van der Waals surface area contributed by atoms with Gasteiger partial charge in [0.25, 0.3) is 5.91 Å². The molecule has 9 heteroatoms. The molecule has 0 aromatic heterocycles. The second-order valence-electron chi connectivity index (χ2n) is 3.29. The van der Waals surface area contributed by atoms with Gasteiger partial charge in [0.1, 0.15) is 6.04 Å². The van der Waals surface area contributed by atoms with Gasteiger partial charge in [-0.25, -0.2) is 4.31 Å². The number of thioether (sulfide) groups is 1. The molecule has 0 spiro atoms. The summed E-state index contributed by atoms with van der Waals surface area (Å²) in [5.41, 5.74) is 0. The summed E-state index contributed by atoms with van der Waals surface area (Å²) in [7, 11) is -4.48. The fraction of sp³-hybridized carbons (Fsp3) is 0.714. The Bertz CT molecular complexity index is 407. The summed E-state index contributed by atoms with van der Waals surface area (Å²) >= 11 is 1.31. The second kappa shape index (κ2) is 4.60. The third-order valence-corrected chi connectivity index (χ3v) is 4.02. The lowest BCUT2D eigenvalue weighted by molar-refractivity contribution is -0.140. The molecule has 1 unspecified atom stereocenters. The Labute approximate surface area is 97.4 Å². The molecular formula is C7H12N2O5S2. The third kappa shape index (κ3) is 2.66. The van der Waals surface area contributed by atoms with E-state index in [1.807, 2.05) is 0 Å². The van der Waals surface area contributed by atoms with Crippen LogP contribution in [-0.4, -0.2) is 53.2 Å². The van der Waals surface area contributed by atoms with Gasteiger partial charge in [0.2, 0.25) is 5.91 Å². The summed E-state index contributed by atoms with van der Waals surface area (Å²) in [6.07, 6.45) is 1.75. The molecule has 1 heterocycles. The fourth-order valence-electron chi connectivity index (χ4n) is 1.11. The average molecular weight is 268 g/mol. The number of β-lactam (4-membered cyclic amide) rings is 1. The average Bonchev–Trinajstić information content (AvgIpc) is 2.19. The summed E-state index contributed by atoms with van der Waals surface area (Å²) in [6, 6.07) is -0.857. The Kier molecular flexibility index (Phi) is 3.81. The van der Waals surface area contributed by atoms with Gasteiger partial charge >= 0.3 is 10.3 Å². The molecule has 0 bridgehead atoms. The van der Waals surface area contributed by atoms with Crippen LogP contribution in [0, 0.1) is 0 Å². The van der Waals surface area contributed by atoms with Crippen molar-refractivity contribution in [1.82, 2.24) is 9.62 Å². The Morgan fingerprint density at radius 3 is 2.62 bits per heavy atom. The fourth-order valence-corrected chi connectivity index (χ4v) is 2.08. The van der Waals surface area contributed by atoms with Crippen molar-refractivity contribution in [2.75, 3.05) is 12.8 Å². The molecular weight excluding hydrogens is 256 g/mol. The Morgan fingerprint density at radius 1 is 1.69 bits per heavy atom. The summed E-state index contributed by atoms with van der Waals surface area (Å²) < 4.78 is 30.1. The number of nitrogens with zero attached hydrogens (tertiary/aromatic N) is 1. The summed E-state index contributed by atoms with van der Waals surface area (Å²) in [6.45, 7) is 1.45. The van der Waals surface area contributed by atoms with Gasteiger partial charge in [-0.1, -0.05) is 0 Å². The number of carbonyl (C=O) groups is 2. The Balaban J connectivity index is 2.52. The van der Waals surface area contributed by atoms with E-state index in [1.54, 1.807) is 13.2 Å². The molecule has 2 N–H and O–H groups in total. The number of hydrogen-bond acceptors (Lipinski definition) is 5. The standard InChI is InChI=1S/C7H12N2O5S2/c1-4(15-2)6(10)8-5-3-9(7(5)11)16(12,13)14/h4-5H,3H2,1-2H3,(H,8,10)(H,12,13,14)/t4?,5-/m0/s1. The van der Waals surface area contributed by atoms with Crippen molar-refractivity contribution in [1.29, 1.82) is 0 Å². The van der Waals surface area contributed by atoms with E-state index in [1.165, 1.54) is 11.8 Å². The van der Waals surface area contributed by atoms with Gasteiger partial charge in [0, 0.05) is 0 Å². The van der Waals surface area contributed by atoms with Gasteiger partial charge < -0.3 is 5.32 Å². The summed E-state index contributed by atoms with van der Waals surface area (Å²) in [5.74, 6) is -1.15. The van der Waals surface area contributed by atoms with E-state index in [4.69, 9.17) is 4.55 Å². The molecule has 16 heavy (non-hydrogen) atoms. The highest BCUT2D eigenvalue weighted by Gasteiger charge is 2.44. The van der Waals surface area contributed by atoms with Crippen molar-refractivity contribution in [2.45, 2.75) is 18.2 Å².